The summed E-state index contributed by atoms with van der Waals surface area (Å²) < 4.78 is 6.63. The molecular formula is C15H19N3O3. The maximum absolute atomic E-state index is 11.3. The lowest BCUT2D eigenvalue weighted by Gasteiger charge is -2.07. The minimum atomic E-state index is -1.05. The Morgan fingerprint density at radius 2 is 2.19 bits per heavy atom. The third kappa shape index (κ3) is 3.66. The first-order chi connectivity index (χ1) is 10.1. The lowest BCUT2D eigenvalue weighted by atomic mass is 10.1. The molecule has 1 aromatic heterocycles. The first-order valence-corrected chi connectivity index (χ1v) is 6.87. The summed E-state index contributed by atoms with van der Waals surface area (Å²) in [6, 6.07) is 7.75. The molecule has 0 aliphatic heterocycles. The zero-order valence-corrected chi connectivity index (χ0v) is 12.2. The van der Waals surface area contributed by atoms with Gasteiger partial charge in [0.15, 0.2) is 5.69 Å². The van der Waals surface area contributed by atoms with Gasteiger partial charge in [0.05, 0.1) is 11.4 Å². The molecule has 2 rings (SSSR count). The van der Waals surface area contributed by atoms with E-state index in [9.17, 15) is 9.90 Å². The van der Waals surface area contributed by atoms with Crippen LogP contribution in [0.4, 0.5) is 0 Å². The number of aromatic nitrogens is 3. The molecule has 0 aliphatic rings. The highest BCUT2D eigenvalue weighted by Gasteiger charge is 2.19. The highest BCUT2D eigenvalue weighted by atomic mass is 16.5. The Balaban J connectivity index is 2.30. The van der Waals surface area contributed by atoms with E-state index < -0.39 is 5.97 Å². The summed E-state index contributed by atoms with van der Waals surface area (Å²) >= 11 is 0. The Bertz CT molecular complexity index is 622. The van der Waals surface area contributed by atoms with Gasteiger partial charge in [0.25, 0.3) is 0 Å². The number of nitrogens with zero attached hydrogens (tertiary/aromatic N) is 3. The van der Waals surface area contributed by atoms with Gasteiger partial charge in [0.1, 0.15) is 0 Å². The monoisotopic (exact) mass is 289 g/mol. The van der Waals surface area contributed by atoms with Gasteiger partial charge in [0, 0.05) is 13.7 Å². The molecule has 0 saturated carbocycles. The number of benzene rings is 1. The lowest BCUT2D eigenvalue weighted by molar-refractivity contribution is 0.0689. The second kappa shape index (κ2) is 6.99. The molecule has 21 heavy (non-hydrogen) atoms. The van der Waals surface area contributed by atoms with E-state index >= 15 is 0 Å². The van der Waals surface area contributed by atoms with Crippen LogP contribution in [0.3, 0.4) is 0 Å². The molecule has 0 aliphatic carbocycles. The van der Waals surface area contributed by atoms with E-state index in [1.807, 2.05) is 31.2 Å². The van der Waals surface area contributed by atoms with Crippen LogP contribution < -0.4 is 0 Å². The number of carboxylic acids is 1. The fourth-order valence-electron chi connectivity index (χ4n) is 2.20. The molecule has 0 spiro atoms. The van der Waals surface area contributed by atoms with Gasteiger partial charge in [0.2, 0.25) is 0 Å². The molecule has 1 heterocycles. The van der Waals surface area contributed by atoms with Crippen LogP contribution in [-0.2, 0) is 11.2 Å². The van der Waals surface area contributed by atoms with Crippen molar-refractivity contribution in [2.45, 2.75) is 26.2 Å². The Hall–Kier alpha value is -2.21. The number of aromatic carboxylic acids is 1. The third-order valence-electron chi connectivity index (χ3n) is 3.22. The normalized spacial score (nSPS) is 10.8. The predicted octanol–water partition coefficient (Wildman–Crippen LogP) is 2.24. The molecule has 1 aromatic carbocycles. The number of ether oxygens (including phenoxy) is 1. The number of carbonyl (C=O) groups is 1. The molecule has 0 bridgehead atoms. The fraction of sp³-hybridized carbons (Fsp3) is 0.400. The standard InChI is InChI=1S/C15H19N3O3/c1-11-6-5-7-12(10-11)18-13(8-3-4-9-21-2)14(15(19)20)16-17-18/h5-7,10H,3-4,8-9H2,1-2H3,(H,19,20). The van der Waals surface area contributed by atoms with Crippen LogP contribution in [0.2, 0.25) is 0 Å². The molecule has 2 aromatic rings. The molecule has 0 atom stereocenters. The molecule has 0 radical (unpaired) electrons. The number of unbranched alkanes of at least 4 members (excludes halogenated alkanes) is 1. The topological polar surface area (TPSA) is 77.2 Å². The zero-order valence-electron chi connectivity index (χ0n) is 12.2. The second-order valence-corrected chi connectivity index (χ2v) is 4.89. The maximum atomic E-state index is 11.3. The SMILES string of the molecule is COCCCCc1c(C(=O)O)nnn1-c1cccc(C)c1. The highest BCUT2D eigenvalue weighted by Crippen LogP contribution is 2.16. The highest BCUT2D eigenvalue weighted by molar-refractivity contribution is 5.86. The van der Waals surface area contributed by atoms with Gasteiger partial charge in [-0.2, -0.15) is 0 Å². The van der Waals surface area contributed by atoms with E-state index in [4.69, 9.17) is 4.74 Å². The third-order valence-corrected chi connectivity index (χ3v) is 3.22. The zero-order chi connectivity index (χ0) is 15.2. The van der Waals surface area contributed by atoms with Crippen LogP contribution in [0.1, 0.15) is 34.6 Å². The maximum Gasteiger partial charge on any atom is 0.358 e. The summed E-state index contributed by atoms with van der Waals surface area (Å²) in [5.41, 5.74) is 2.57. The number of carboxylic acid groups (broad SMARTS) is 1. The number of hydrogen-bond acceptors (Lipinski definition) is 4. The van der Waals surface area contributed by atoms with Crippen LogP contribution in [-0.4, -0.2) is 39.8 Å². The van der Waals surface area contributed by atoms with E-state index in [1.54, 1.807) is 11.8 Å². The summed E-state index contributed by atoms with van der Waals surface area (Å²) in [5, 5.41) is 17.0. The molecule has 0 unspecified atom stereocenters. The van der Waals surface area contributed by atoms with Gasteiger partial charge in [-0.1, -0.05) is 17.3 Å². The van der Waals surface area contributed by atoms with Crippen molar-refractivity contribution >= 4 is 5.97 Å². The van der Waals surface area contributed by atoms with E-state index in [0.717, 1.165) is 24.1 Å². The largest absolute Gasteiger partial charge is 0.476 e. The molecule has 1 N–H and O–H groups in total. The summed E-state index contributed by atoms with van der Waals surface area (Å²) in [6.07, 6.45) is 2.30. The van der Waals surface area contributed by atoms with Gasteiger partial charge < -0.3 is 9.84 Å². The number of rotatable bonds is 7. The summed E-state index contributed by atoms with van der Waals surface area (Å²) in [6.45, 7) is 2.64. The lowest BCUT2D eigenvalue weighted by Crippen LogP contribution is -2.07. The smallest absolute Gasteiger partial charge is 0.358 e. The molecule has 0 amide bonds. The van der Waals surface area contributed by atoms with Crippen molar-refractivity contribution in [1.29, 1.82) is 0 Å². The predicted molar refractivity (Wildman–Crippen MR) is 77.9 cm³/mol. The van der Waals surface area contributed by atoms with Crippen LogP contribution in [0, 0.1) is 6.92 Å². The van der Waals surface area contributed by atoms with Crippen LogP contribution in [0.5, 0.6) is 0 Å². The molecular weight excluding hydrogens is 270 g/mol. The number of methoxy groups -OCH3 is 1. The molecule has 0 saturated heterocycles. The first-order valence-electron chi connectivity index (χ1n) is 6.87. The molecule has 6 nitrogen and oxygen atoms in total. The van der Waals surface area contributed by atoms with Crippen molar-refractivity contribution in [3.8, 4) is 5.69 Å². The van der Waals surface area contributed by atoms with Gasteiger partial charge in [-0.15, -0.1) is 5.10 Å². The van der Waals surface area contributed by atoms with Gasteiger partial charge in [-0.3, -0.25) is 0 Å². The summed E-state index contributed by atoms with van der Waals surface area (Å²) in [5.74, 6) is -1.05. The van der Waals surface area contributed by atoms with Crippen molar-refractivity contribution < 1.29 is 14.6 Å². The number of hydrogen-bond donors (Lipinski definition) is 1. The molecule has 0 fully saturated rings. The second-order valence-electron chi connectivity index (χ2n) is 4.89. The molecule has 6 heteroatoms. The quantitative estimate of drug-likeness (QED) is 0.791. The summed E-state index contributed by atoms with van der Waals surface area (Å²) in [4.78, 5) is 11.3. The first kappa shape index (κ1) is 15.2. The van der Waals surface area contributed by atoms with Gasteiger partial charge >= 0.3 is 5.97 Å². The molecule has 112 valence electrons. The van der Waals surface area contributed by atoms with Crippen molar-refractivity contribution in [2.24, 2.45) is 0 Å². The number of aryl methyl sites for hydroxylation is 1. The average Bonchev–Trinajstić information content (AvgIpc) is 2.87. The van der Waals surface area contributed by atoms with Crippen LogP contribution in [0.15, 0.2) is 24.3 Å². The minimum Gasteiger partial charge on any atom is -0.476 e. The Morgan fingerprint density at radius 1 is 1.38 bits per heavy atom. The van der Waals surface area contributed by atoms with Crippen molar-refractivity contribution in [1.82, 2.24) is 15.0 Å². The van der Waals surface area contributed by atoms with Crippen LogP contribution >= 0.6 is 0 Å². The van der Waals surface area contributed by atoms with Crippen molar-refractivity contribution in [2.75, 3.05) is 13.7 Å². The van der Waals surface area contributed by atoms with E-state index in [0.29, 0.717) is 18.7 Å². The fourth-order valence-corrected chi connectivity index (χ4v) is 2.20. The van der Waals surface area contributed by atoms with Crippen molar-refractivity contribution in [3.63, 3.8) is 0 Å². The Morgan fingerprint density at radius 3 is 2.86 bits per heavy atom. The van der Waals surface area contributed by atoms with Crippen molar-refractivity contribution in [3.05, 3.63) is 41.2 Å². The van der Waals surface area contributed by atoms with E-state index in [2.05, 4.69) is 10.3 Å². The average molecular weight is 289 g/mol. The van der Waals surface area contributed by atoms with E-state index in [-0.39, 0.29) is 5.69 Å². The Labute approximate surface area is 123 Å². The van der Waals surface area contributed by atoms with Gasteiger partial charge in [-0.25, -0.2) is 9.48 Å². The Kier molecular flexibility index (Phi) is 5.05. The van der Waals surface area contributed by atoms with Gasteiger partial charge in [-0.05, 0) is 43.9 Å². The van der Waals surface area contributed by atoms with E-state index in [1.165, 1.54) is 0 Å². The summed E-state index contributed by atoms with van der Waals surface area (Å²) in [7, 11) is 1.65. The van der Waals surface area contributed by atoms with Crippen LogP contribution in [0.25, 0.3) is 5.69 Å². The minimum absolute atomic E-state index is 0.0222.